The monoisotopic (exact) mass is 563 g/mol. The average Bonchev–Trinajstić information content (AvgIpc) is 3.42. The van der Waals surface area contributed by atoms with E-state index in [2.05, 4.69) is 10.2 Å². The third-order valence-electron chi connectivity index (χ3n) is 7.32. The maximum Gasteiger partial charge on any atom is 0.416 e. The predicted molar refractivity (Wildman–Crippen MR) is 139 cm³/mol. The number of benzene rings is 2. The maximum absolute atomic E-state index is 13.9. The van der Waals surface area contributed by atoms with Gasteiger partial charge in [-0.05, 0) is 49.7 Å². The van der Waals surface area contributed by atoms with Gasteiger partial charge in [0.1, 0.15) is 6.33 Å². The molecule has 0 N–H and O–H groups in total. The van der Waals surface area contributed by atoms with Gasteiger partial charge in [0, 0.05) is 37.0 Å². The van der Waals surface area contributed by atoms with E-state index in [0.29, 0.717) is 24.5 Å². The van der Waals surface area contributed by atoms with E-state index in [1.807, 2.05) is 10.6 Å². The molecule has 0 saturated carbocycles. The van der Waals surface area contributed by atoms with Crippen LogP contribution in [-0.4, -0.2) is 55.9 Å². The van der Waals surface area contributed by atoms with Gasteiger partial charge in [0.15, 0.2) is 11.6 Å². The largest absolute Gasteiger partial charge is 0.416 e. The van der Waals surface area contributed by atoms with Gasteiger partial charge < -0.3 is 14.4 Å². The fraction of sp³-hybridized carbons (Fsp3) is 0.286. The molecule has 1 aromatic heterocycles. The predicted octanol–water partition coefficient (Wildman–Crippen LogP) is 4.30. The summed E-state index contributed by atoms with van der Waals surface area (Å²) in [6.07, 6.45) is -3.06. The number of Topliss-reactive ketones (excluding diaryl/α,β-unsaturated/α-hetero) is 1. The molecule has 1 unspecified atom stereocenters. The van der Waals surface area contributed by atoms with Crippen LogP contribution in [0.3, 0.4) is 0 Å². The SMILES string of the molecule is CC(=O)C1=C(C)N(c2cccc(C(F)(F)F)c2)C(=O)N(C)C1c1ccc(C#N)cc1C(=O)N1CCn2cnnc2C1. The lowest BCUT2D eigenvalue weighted by Crippen LogP contribution is -2.49. The number of alkyl halides is 3. The molecule has 0 spiro atoms. The zero-order chi connectivity index (χ0) is 29.6. The van der Waals surface area contributed by atoms with Crippen molar-refractivity contribution in [1.29, 1.82) is 5.26 Å². The summed E-state index contributed by atoms with van der Waals surface area (Å²) in [7, 11) is 1.42. The van der Waals surface area contributed by atoms with Gasteiger partial charge in [0.05, 0.1) is 35.5 Å². The molecule has 0 fully saturated rings. The lowest BCUT2D eigenvalue weighted by molar-refractivity contribution is -0.137. The molecular weight excluding hydrogens is 539 g/mol. The van der Waals surface area contributed by atoms with Crippen LogP contribution in [0, 0.1) is 11.3 Å². The molecule has 41 heavy (non-hydrogen) atoms. The van der Waals surface area contributed by atoms with Crippen LogP contribution in [0.15, 0.2) is 60.1 Å². The molecule has 210 valence electrons. The molecule has 3 aromatic rings. The summed E-state index contributed by atoms with van der Waals surface area (Å²) in [5, 5.41) is 17.5. The molecular formula is C28H24F3N7O3. The van der Waals surface area contributed by atoms with E-state index in [4.69, 9.17) is 0 Å². The molecule has 5 rings (SSSR count). The summed E-state index contributed by atoms with van der Waals surface area (Å²) in [5.41, 5.74) is -0.0916. The van der Waals surface area contributed by atoms with Crippen LogP contribution in [0.5, 0.6) is 0 Å². The molecule has 2 aliphatic heterocycles. The molecule has 2 aromatic carbocycles. The number of allylic oxidation sites excluding steroid dienone is 1. The highest BCUT2D eigenvalue weighted by Gasteiger charge is 2.42. The summed E-state index contributed by atoms with van der Waals surface area (Å²) in [4.78, 5) is 44.5. The van der Waals surface area contributed by atoms with Crippen LogP contribution in [0.25, 0.3) is 0 Å². The Balaban J connectivity index is 1.63. The summed E-state index contributed by atoms with van der Waals surface area (Å²) in [5.74, 6) is -0.268. The fourth-order valence-electron chi connectivity index (χ4n) is 5.32. The van der Waals surface area contributed by atoms with Gasteiger partial charge in [0.2, 0.25) is 0 Å². The van der Waals surface area contributed by atoms with Gasteiger partial charge in [-0.3, -0.25) is 14.5 Å². The van der Waals surface area contributed by atoms with Crippen LogP contribution >= 0.6 is 0 Å². The smallest absolute Gasteiger partial charge is 0.329 e. The molecule has 0 radical (unpaired) electrons. The second-order valence-corrected chi connectivity index (χ2v) is 9.82. The minimum absolute atomic E-state index is 0.0556. The number of anilines is 1. The van der Waals surface area contributed by atoms with Gasteiger partial charge >= 0.3 is 12.2 Å². The van der Waals surface area contributed by atoms with Gasteiger partial charge in [-0.1, -0.05) is 12.1 Å². The molecule has 13 heteroatoms. The molecule has 10 nitrogen and oxygen atoms in total. The Kier molecular flexibility index (Phi) is 6.86. The quantitative estimate of drug-likeness (QED) is 0.468. The second kappa shape index (κ2) is 10.2. The van der Waals surface area contributed by atoms with Crippen molar-refractivity contribution >= 4 is 23.4 Å². The summed E-state index contributed by atoms with van der Waals surface area (Å²) in [6, 6.07) is 9.02. The Morgan fingerprint density at radius 2 is 1.88 bits per heavy atom. The van der Waals surface area contributed by atoms with Crippen LogP contribution < -0.4 is 4.90 Å². The van der Waals surface area contributed by atoms with Gasteiger partial charge in [0.25, 0.3) is 5.91 Å². The number of ketones is 1. The number of likely N-dealkylation sites (N-methyl/N-ethyl adjacent to an activating group) is 1. The molecule has 3 amide bonds. The topological polar surface area (TPSA) is 115 Å². The average molecular weight is 564 g/mol. The second-order valence-electron chi connectivity index (χ2n) is 9.82. The molecule has 0 aliphatic carbocycles. The number of halogens is 3. The van der Waals surface area contributed by atoms with Crippen molar-refractivity contribution in [3.05, 3.63) is 88.1 Å². The maximum atomic E-state index is 13.9. The minimum Gasteiger partial charge on any atom is -0.329 e. The van der Waals surface area contributed by atoms with Crippen molar-refractivity contribution in [1.82, 2.24) is 24.6 Å². The number of urea groups is 1. The van der Waals surface area contributed by atoms with Gasteiger partial charge in [-0.15, -0.1) is 10.2 Å². The molecule has 3 heterocycles. The number of hydrogen-bond acceptors (Lipinski definition) is 6. The van der Waals surface area contributed by atoms with Crippen molar-refractivity contribution < 1.29 is 27.6 Å². The van der Waals surface area contributed by atoms with E-state index in [1.165, 1.54) is 56.1 Å². The Morgan fingerprint density at radius 3 is 2.56 bits per heavy atom. The van der Waals surface area contributed by atoms with E-state index in [1.54, 1.807) is 11.2 Å². The third kappa shape index (κ3) is 4.82. The lowest BCUT2D eigenvalue weighted by atomic mass is 9.87. The first-order valence-corrected chi connectivity index (χ1v) is 12.6. The first-order chi connectivity index (χ1) is 19.4. The molecule has 0 saturated heterocycles. The number of carbonyl (C=O) groups is 3. The minimum atomic E-state index is -4.64. The van der Waals surface area contributed by atoms with Crippen molar-refractivity contribution in [3.8, 4) is 6.07 Å². The van der Waals surface area contributed by atoms with Crippen molar-refractivity contribution in [2.75, 3.05) is 18.5 Å². The normalized spacial score (nSPS) is 17.4. The standard InChI is InChI=1S/C28H24F3N7O3/c1-16-24(17(2)39)25(35(3)27(41)38(16)20-6-4-5-19(12-20)28(29,30)31)21-8-7-18(13-32)11-22(21)26(40)36-9-10-37-15-33-34-23(37)14-36/h4-8,11-12,15,25H,9-10,14H2,1-3H3. The van der Waals surface area contributed by atoms with E-state index in [0.717, 1.165) is 17.0 Å². The van der Waals surface area contributed by atoms with Gasteiger partial charge in [-0.2, -0.15) is 18.4 Å². The number of nitriles is 1. The highest BCUT2D eigenvalue weighted by atomic mass is 19.4. The first kappa shape index (κ1) is 27.6. The number of fused-ring (bicyclic) bond motifs is 1. The number of hydrogen-bond donors (Lipinski definition) is 0. The third-order valence-corrected chi connectivity index (χ3v) is 7.32. The molecule has 1 atom stereocenters. The highest BCUT2D eigenvalue weighted by Crippen LogP contribution is 2.41. The Hall–Kier alpha value is -4.99. The van der Waals surface area contributed by atoms with E-state index in [9.17, 15) is 32.8 Å². The van der Waals surface area contributed by atoms with Crippen LogP contribution in [-0.2, 0) is 24.1 Å². The van der Waals surface area contributed by atoms with Crippen molar-refractivity contribution in [2.24, 2.45) is 0 Å². The zero-order valence-corrected chi connectivity index (χ0v) is 22.3. The summed E-state index contributed by atoms with van der Waals surface area (Å²) >= 11 is 0. The zero-order valence-electron chi connectivity index (χ0n) is 22.3. The number of rotatable bonds is 4. The van der Waals surface area contributed by atoms with Crippen LogP contribution in [0.1, 0.15) is 52.8 Å². The van der Waals surface area contributed by atoms with E-state index in [-0.39, 0.29) is 34.6 Å². The fourth-order valence-corrected chi connectivity index (χ4v) is 5.32. The lowest BCUT2D eigenvalue weighted by Gasteiger charge is -2.42. The summed E-state index contributed by atoms with van der Waals surface area (Å²) in [6.45, 7) is 3.76. The van der Waals surface area contributed by atoms with Crippen LogP contribution in [0.2, 0.25) is 0 Å². The van der Waals surface area contributed by atoms with E-state index < -0.39 is 35.5 Å². The van der Waals surface area contributed by atoms with Gasteiger partial charge in [-0.25, -0.2) is 4.79 Å². The van der Waals surface area contributed by atoms with Crippen LogP contribution in [0.4, 0.5) is 23.7 Å². The summed E-state index contributed by atoms with van der Waals surface area (Å²) < 4.78 is 42.2. The van der Waals surface area contributed by atoms with Crippen molar-refractivity contribution in [2.45, 2.75) is 39.2 Å². The Bertz CT molecular complexity index is 1650. The van der Waals surface area contributed by atoms with Crippen molar-refractivity contribution in [3.63, 3.8) is 0 Å². The number of amides is 3. The molecule has 0 bridgehead atoms. The number of nitrogens with zero attached hydrogens (tertiary/aromatic N) is 7. The number of aromatic nitrogens is 3. The van der Waals surface area contributed by atoms with E-state index >= 15 is 0 Å². The Labute approximate surface area is 232 Å². The number of carbonyl (C=O) groups excluding carboxylic acids is 3. The Morgan fingerprint density at radius 1 is 1.12 bits per heavy atom. The highest BCUT2D eigenvalue weighted by molar-refractivity contribution is 6.06. The first-order valence-electron chi connectivity index (χ1n) is 12.6. The molecule has 2 aliphatic rings.